The lowest BCUT2D eigenvalue weighted by Gasteiger charge is -2.15. The standard InChI is InChI=1S/C14H20ClNO4/c1-4-5-16-8-10-6-11(15)7-12(18-2)14(10)20-9-13(17)19-3/h6-7,16H,4-5,8-9H2,1-3H3. The minimum absolute atomic E-state index is 0.171. The molecule has 0 bridgehead atoms. The fraction of sp³-hybridized carbons (Fsp3) is 0.500. The molecule has 0 amide bonds. The average molecular weight is 302 g/mol. The summed E-state index contributed by atoms with van der Waals surface area (Å²) in [5.41, 5.74) is 0.840. The lowest BCUT2D eigenvalue weighted by atomic mass is 10.1. The highest BCUT2D eigenvalue weighted by molar-refractivity contribution is 6.30. The second-order valence-electron chi connectivity index (χ2n) is 4.14. The normalized spacial score (nSPS) is 10.2. The van der Waals surface area contributed by atoms with Crippen molar-refractivity contribution in [2.24, 2.45) is 0 Å². The number of hydrogen-bond donors (Lipinski definition) is 1. The summed E-state index contributed by atoms with van der Waals surface area (Å²) in [6.07, 6.45) is 1.02. The summed E-state index contributed by atoms with van der Waals surface area (Å²) in [6, 6.07) is 3.44. The molecule has 0 aliphatic rings. The molecule has 0 aliphatic carbocycles. The first kappa shape index (κ1) is 16.6. The largest absolute Gasteiger partial charge is 0.493 e. The van der Waals surface area contributed by atoms with Crippen LogP contribution in [0.15, 0.2) is 12.1 Å². The lowest BCUT2D eigenvalue weighted by molar-refractivity contribution is -0.142. The molecule has 1 aromatic rings. The predicted molar refractivity (Wildman–Crippen MR) is 77.5 cm³/mol. The SMILES string of the molecule is CCCNCc1cc(Cl)cc(OC)c1OCC(=O)OC. The van der Waals surface area contributed by atoms with E-state index in [1.165, 1.54) is 14.2 Å². The van der Waals surface area contributed by atoms with E-state index in [2.05, 4.69) is 17.0 Å². The molecule has 1 aromatic carbocycles. The van der Waals surface area contributed by atoms with Gasteiger partial charge in [0.15, 0.2) is 18.1 Å². The number of nitrogens with one attached hydrogen (secondary N) is 1. The van der Waals surface area contributed by atoms with E-state index in [-0.39, 0.29) is 6.61 Å². The molecule has 112 valence electrons. The molecule has 0 aliphatic heterocycles. The third kappa shape index (κ3) is 4.90. The second-order valence-corrected chi connectivity index (χ2v) is 4.57. The predicted octanol–water partition coefficient (Wildman–Crippen LogP) is 2.40. The molecule has 0 atom stereocenters. The summed E-state index contributed by atoms with van der Waals surface area (Å²) < 4.78 is 15.3. The topological polar surface area (TPSA) is 56.8 Å². The molecular weight excluding hydrogens is 282 g/mol. The highest BCUT2D eigenvalue weighted by atomic mass is 35.5. The molecule has 0 radical (unpaired) electrons. The average Bonchev–Trinajstić information content (AvgIpc) is 2.45. The van der Waals surface area contributed by atoms with E-state index in [9.17, 15) is 4.79 Å². The first-order chi connectivity index (χ1) is 9.62. The van der Waals surface area contributed by atoms with Crippen LogP contribution in [-0.2, 0) is 16.1 Å². The molecule has 1 rings (SSSR count). The van der Waals surface area contributed by atoms with E-state index >= 15 is 0 Å². The Morgan fingerprint density at radius 2 is 2.10 bits per heavy atom. The fourth-order valence-corrected chi connectivity index (χ4v) is 1.89. The molecule has 20 heavy (non-hydrogen) atoms. The molecule has 0 unspecified atom stereocenters. The van der Waals surface area contributed by atoms with Crippen molar-refractivity contribution < 1.29 is 19.0 Å². The zero-order valence-corrected chi connectivity index (χ0v) is 12.8. The summed E-state index contributed by atoms with van der Waals surface area (Å²) in [7, 11) is 2.84. The Kier molecular flexibility index (Phi) is 7.18. The number of carbonyl (C=O) groups excluding carboxylic acids is 1. The fourth-order valence-electron chi connectivity index (χ4n) is 1.66. The summed E-state index contributed by atoms with van der Waals surface area (Å²) in [6.45, 7) is 3.38. The van der Waals surface area contributed by atoms with Gasteiger partial charge < -0.3 is 19.5 Å². The molecule has 1 N–H and O–H groups in total. The van der Waals surface area contributed by atoms with Gasteiger partial charge in [0.1, 0.15) is 0 Å². The van der Waals surface area contributed by atoms with Crippen LogP contribution in [0.1, 0.15) is 18.9 Å². The molecule has 0 heterocycles. The van der Waals surface area contributed by atoms with E-state index in [4.69, 9.17) is 21.1 Å². The van der Waals surface area contributed by atoms with E-state index in [1.807, 2.05) is 0 Å². The van der Waals surface area contributed by atoms with Crippen LogP contribution < -0.4 is 14.8 Å². The third-order valence-electron chi connectivity index (χ3n) is 2.62. The van der Waals surface area contributed by atoms with Gasteiger partial charge >= 0.3 is 5.97 Å². The number of benzene rings is 1. The minimum atomic E-state index is -0.450. The van der Waals surface area contributed by atoms with Crippen molar-refractivity contribution >= 4 is 17.6 Å². The lowest BCUT2D eigenvalue weighted by Crippen LogP contribution is -2.17. The molecular formula is C14H20ClNO4. The Morgan fingerprint density at radius 3 is 2.70 bits per heavy atom. The van der Waals surface area contributed by atoms with E-state index < -0.39 is 5.97 Å². The van der Waals surface area contributed by atoms with Gasteiger partial charge in [-0.25, -0.2) is 4.79 Å². The Hall–Kier alpha value is -1.46. The van der Waals surface area contributed by atoms with Crippen LogP contribution in [0.5, 0.6) is 11.5 Å². The molecule has 0 fully saturated rings. The van der Waals surface area contributed by atoms with Gasteiger partial charge in [0, 0.05) is 23.2 Å². The number of rotatable bonds is 8. The summed E-state index contributed by atoms with van der Waals surface area (Å²) in [5, 5.41) is 3.82. The first-order valence-corrected chi connectivity index (χ1v) is 6.76. The zero-order valence-electron chi connectivity index (χ0n) is 12.0. The molecule has 0 saturated heterocycles. The smallest absolute Gasteiger partial charge is 0.343 e. The van der Waals surface area contributed by atoms with Crippen LogP contribution in [0.25, 0.3) is 0 Å². The molecule has 6 heteroatoms. The van der Waals surface area contributed by atoms with Crippen LogP contribution in [0.3, 0.4) is 0 Å². The number of carbonyl (C=O) groups is 1. The first-order valence-electron chi connectivity index (χ1n) is 6.39. The summed E-state index contributed by atoms with van der Waals surface area (Å²) in [4.78, 5) is 11.2. The Balaban J connectivity index is 2.92. The van der Waals surface area contributed by atoms with Crippen LogP contribution in [0.4, 0.5) is 0 Å². The van der Waals surface area contributed by atoms with E-state index in [1.54, 1.807) is 12.1 Å². The number of halogens is 1. The van der Waals surface area contributed by atoms with Crippen molar-refractivity contribution in [1.29, 1.82) is 0 Å². The molecule has 0 aromatic heterocycles. The Labute approximate surface area is 124 Å². The van der Waals surface area contributed by atoms with Gasteiger partial charge in [-0.05, 0) is 19.0 Å². The Morgan fingerprint density at radius 1 is 1.35 bits per heavy atom. The van der Waals surface area contributed by atoms with Gasteiger partial charge in [0.05, 0.1) is 14.2 Å². The van der Waals surface area contributed by atoms with Crippen molar-refractivity contribution in [2.75, 3.05) is 27.4 Å². The van der Waals surface area contributed by atoms with Crippen molar-refractivity contribution in [3.05, 3.63) is 22.7 Å². The van der Waals surface area contributed by atoms with Crippen molar-refractivity contribution in [1.82, 2.24) is 5.32 Å². The maximum atomic E-state index is 11.2. The van der Waals surface area contributed by atoms with Crippen LogP contribution in [0, 0.1) is 0 Å². The quantitative estimate of drug-likeness (QED) is 0.590. The van der Waals surface area contributed by atoms with Gasteiger partial charge in [-0.2, -0.15) is 0 Å². The number of hydrogen-bond acceptors (Lipinski definition) is 5. The number of esters is 1. The molecule has 0 saturated carbocycles. The minimum Gasteiger partial charge on any atom is -0.493 e. The van der Waals surface area contributed by atoms with Crippen molar-refractivity contribution in [3.8, 4) is 11.5 Å². The monoisotopic (exact) mass is 301 g/mol. The highest BCUT2D eigenvalue weighted by Crippen LogP contribution is 2.34. The van der Waals surface area contributed by atoms with Crippen LogP contribution >= 0.6 is 11.6 Å². The number of methoxy groups -OCH3 is 2. The van der Waals surface area contributed by atoms with Crippen LogP contribution in [-0.4, -0.2) is 33.3 Å². The number of ether oxygens (including phenoxy) is 3. The van der Waals surface area contributed by atoms with E-state index in [0.29, 0.717) is 23.1 Å². The second kappa shape index (κ2) is 8.66. The molecule has 0 spiro atoms. The maximum Gasteiger partial charge on any atom is 0.343 e. The maximum absolute atomic E-state index is 11.2. The van der Waals surface area contributed by atoms with Gasteiger partial charge in [-0.3, -0.25) is 0 Å². The van der Waals surface area contributed by atoms with Crippen LogP contribution in [0.2, 0.25) is 5.02 Å². The molecule has 5 nitrogen and oxygen atoms in total. The van der Waals surface area contributed by atoms with Crippen molar-refractivity contribution in [2.45, 2.75) is 19.9 Å². The zero-order chi connectivity index (χ0) is 15.0. The van der Waals surface area contributed by atoms with Gasteiger partial charge in [0.25, 0.3) is 0 Å². The third-order valence-corrected chi connectivity index (χ3v) is 2.84. The van der Waals surface area contributed by atoms with Crippen molar-refractivity contribution in [3.63, 3.8) is 0 Å². The van der Waals surface area contributed by atoms with Gasteiger partial charge in [-0.15, -0.1) is 0 Å². The highest BCUT2D eigenvalue weighted by Gasteiger charge is 2.14. The summed E-state index contributed by atoms with van der Waals surface area (Å²) in [5.74, 6) is 0.551. The van der Waals surface area contributed by atoms with E-state index in [0.717, 1.165) is 18.5 Å². The van der Waals surface area contributed by atoms with Gasteiger partial charge in [0.2, 0.25) is 0 Å². The van der Waals surface area contributed by atoms with Gasteiger partial charge in [-0.1, -0.05) is 18.5 Å². The Bertz CT molecular complexity index is 451. The summed E-state index contributed by atoms with van der Waals surface area (Å²) >= 11 is 6.05.